The van der Waals surface area contributed by atoms with Crippen molar-refractivity contribution in [2.45, 2.75) is 6.92 Å². The van der Waals surface area contributed by atoms with E-state index in [1.54, 1.807) is 6.92 Å². The molecule has 0 atom stereocenters. The van der Waals surface area contributed by atoms with Gasteiger partial charge in [0.15, 0.2) is 11.5 Å². The molecule has 0 saturated heterocycles. The highest BCUT2D eigenvalue weighted by Crippen LogP contribution is 2.14. The Labute approximate surface area is 145 Å². The number of hydrogen-bond acceptors (Lipinski definition) is 9. The first kappa shape index (κ1) is 15.4. The van der Waals surface area contributed by atoms with Gasteiger partial charge in [0.05, 0.1) is 22.9 Å². The maximum atomic E-state index is 12.2. The Bertz CT molecular complexity index is 1090. The summed E-state index contributed by atoms with van der Waals surface area (Å²) in [4.78, 5) is 19.6. The third-order valence-corrected chi connectivity index (χ3v) is 3.57. The minimum absolute atomic E-state index is 0.0351. The number of benzene rings is 1. The second-order valence-electron chi connectivity index (χ2n) is 5.25. The fourth-order valence-corrected chi connectivity index (χ4v) is 2.32. The third kappa shape index (κ3) is 2.64. The molecule has 4 N–H and O–H groups in total. The SMILES string of the molecule is Cc1c(C(=O)N/N=C/c2nc3ccccc3[nH]2)nnn1-c1nonc1N. The van der Waals surface area contributed by atoms with E-state index in [4.69, 9.17) is 5.73 Å². The molecule has 12 nitrogen and oxygen atoms in total. The number of amides is 1. The number of carbonyl (C=O) groups is 1. The van der Waals surface area contributed by atoms with Crippen LogP contribution in [0.3, 0.4) is 0 Å². The summed E-state index contributed by atoms with van der Waals surface area (Å²) < 4.78 is 5.77. The number of anilines is 1. The molecule has 0 fully saturated rings. The largest absolute Gasteiger partial charge is 0.378 e. The van der Waals surface area contributed by atoms with Gasteiger partial charge in [0.1, 0.15) is 0 Å². The van der Waals surface area contributed by atoms with Crippen LogP contribution in [0.1, 0.15) is 22.0 Å². The van der Waals surface area contributed by atoms with Crippen LogP contribution in [0, 0.1) is 6.92 Å². The molecule has 1 amide bonds. The topological polar surface area (TPSA) is 166 Å². The molecule has 0 aliphatic carbocycles. The minimum Gasteiger partial charge on any atom is -0.378 e. The molecule has 0 spiro atoms. The standard InChI is InChI=1S/C14H12N10O2/c1-7-11(19-23-24(7)13-12(15)21-26-22-13)14(25)20-16-6-10-17-8-4-2-3-5-9(8)18-10/h2-6H,1H3,(H2,15,21)(H,17,18)(H,20,25)/b16-6+. The monoisotopic (exact) mass is 352 g/mol. The zero-order valence-electron chi connectivity index (χ0n) is 13.4. The van der Waals surface area contributed by atoms with E-state index in [-0.39, 0.29) is 17.3 Å². The molecule has 0 aliphatic heterocycles. The molecule has 0 unspecified atom stereocenters. The fraction of sp³-hybridized carbons (Fsp3) is 0.0714. The lowest BCUT2D eigenvalue weighted by molar-refractivity contribution is 0.0949. The van der Waals surface area contributed by atoms with Crippen LogP contribution < -0.4 is 11.2 Å². The molecule has 0 saturated carbocycles. The van der Waals surface area contributed by atoms with E-state index in [1.807, 2.05) is 24.3 Å². The number of para-hydroxylation sites is 2. The van der Waals surface area contributed by atoms with Gasteiger partial charge in [-0.1, -0.05) is 17.3 Å². The summed E-state index contributed by atoms with van der Waals surface area (Å²) in [6.45, 7) is 1.63. The number of hydrogen-bond donors (Lipinski definition) is 3. The van der Waals surface area contributed by atoms with Crippen molar-refractivity contribution in [1.29, 1.82) is 0 Å². The molecule has 0 bridgehead atoms. The Morgan fingerprint density at radius 2 is 2.23 bits per heavy atom. The number of nitrogens with zero attached hydrogens (tertiary/aromatic N) is 7. The highest BCUT2D eigenvalue weighted by atomic mass is 16.6. The van der Waals surface area contributed by atoms with E-state index in [9.17, 15) is 4.79 Å². The summed E-state index contributed by atoms with van der Waals surface area (Å²) in [5.74, 6) is 0.150. The summed E-state index contributed by atoms with van der Waals surface area (Å²) >= 11 is 0. The van der Waals surface area contributed by atoms with Crippen LogP contribution in [0.5, 0.6) is 0 Å². The molecular weight excluding hydrogens is 340 g/mol. The molecule has 3 heterocycles. The number of nitrogens with one attached hydrogen (secondary N) is 2. The van der Waals surface area contributed by atoms with E-state index in [0.717, 1.165) is 11.0 Å². The van der Waals surface area contributed by atoms with Gasteiger partial charge in [-0.3, -0.25) is 4.79 Å². The first-order valence-electron chi connectivity index (χ1n) is 7.42. The summed E-state index contributed by atoms with van der Waals surface area (Å²) in [7, 11) is 0. The highest BCUT2D eigenvalue weighted by Gasteiger charge is 2.20. The van der Waals surface area contributed by atoms with Crippen LogP contribution in [0.4, 0.5) is 5.82 Å². The van der Waals surface area contributed by atoms with Gasteiger partial charge in [-0.15, -0.1) is 5.10 Å². The highest BCUT2D eigenvalue weighted by molar-refractivity contribution is 5.94. The van der Waals surface area contributed by atoms with E-state index in [1.165, 1.54) is 10.9 Å². The maximum absolute atomic E-state index is 12.2. The van der Waals surface area contributed by atoms with Gasteiger partial charge in [-0.25, -0.2) is 15.0 Å². The quantitative estimate of drug-likeness (QED) is 0.345. The summed E-state index contributed by atoms with van der Waals surface area (Å²) in [6.07, 6.45) is 1.40. The van der Waals surface area contributed by atoms with Crippen molar-refractivity contribution < 1.29 is 9.42 Å². The average Bonchev–Trinajstić information content (AvgIpc) is 3.32. The zero-order chi connectivity index (χ0) is 18.1. The predicted molar refractivity (Wildman–Crippen MR) is 89.5 cm³/mol. The molecule has 3 aromatic heterocycles. The number of imidazole rings is 1. The number of H-pyrrole nitrogens is 1. The summed E-state index contributed by atoms with van der Waals surface area (Å²) in [5.41, 5.74) is 10.1. The van der Waals surface area contributed by atoms with Crippen molar-refractivity contribution in [3.05, 3.63) is 41.5 Å². The van der Waals surface area contributed by atoms with E-state index in [0.29, 0.717) is 11.5 Å². The molecule has 26 heavy (non-hydrogen) atoms. The predicted octanol–water partition coefficient (Wildman–Crippen LogP) is 0.181. The third-order valence-electron chi connectivity index (χ3n) is 3.57. The molecule has 4 rings (SSSR count). The Balaban J connectivity index is 1.50. The van der Waals surface area contributed by atoms with Crippen LogP contribution in [-0.4, -0.2) is 47.4 Å². The molecule has 0 aliphatic rings. The Kier molecular flexibility index (Phi) is 3.61. The Hall–Kier alpha value is -4.09. The number of aromatic nitrogens is 7. The number of hydrazone groups is 1. The molecule has 1 aromatic carbocycles. The van der Waals surface area contributed by atoms with Crippen LogP contribution in [-0.2, 0) is 0 Å². The maximum Gasteiger partial charge on any atom is 0.293 e. The van der Waals surface area contributed by atoms with E-state index >= 15 is 0 Å². The molecule has 0 radical (unpaired) electrons. The van der Waals surface area contributed by atoms with Crippen molar-refractivity contribution in [3.63, 3.8) is 0 Å². The second kappa shape index (κ2) is 6.08. The van der Waals surface area contributed by atoms with Crippen molar-refractivity contribution in [1.82, 2.24) is 40.7 Å². The summed E-state index contributed by atoms with van der Waals surface area (Å²) in [5, 5.41) is 18.6. The van der Waals surface area contributed by atoms with Gasteiger partial charge in [0, 0.05) is 0 Å². The van der Waals surface area contributed by atoms with Gasteiger partial charge < -0.3 is 10.7 Å². The van der Waals surface area contributed by atoms with Crippen LogP contribution in [0.15, 0.2) is 34.0 Å². The van der Waals surface area contributed by atoms with Crippen molar-refractivity contribution in [2.75, 3.05) is 5.73 Å². The first-order valence-corrected chi connectivity index (χ1v) is 7.42. The van der Waals surface area contributed by atoms with E-state index < -0.39 is 5.91 Å². The Morgan fingerprint density at radius 1 is 1.38 bits per heavy atom. The number of nitrogen functional groups attached to an aromatic ring is 1. The fourth-order valence-electron chi connectivity index (χ4n) is 2.32. The second-order valence-corrected chi connectivity index (χ2v) is 5.25. The zero-order valence-corrected chi connectivity index (χ0v) is 13.4. The lowest BCUT2D eigenvalue weighted by Crippen LogP contribution is -2.19. The van der Waals surface area contributed by atoms with Crippen LogP contribution in [0.25, 0.3) is 16.9 Å². The first-order chi connectivity index (χ1) is 12.6. The number of rotatable bonds is 4. The van der Waals surface area contributed by atoms with Crippen molar-refractivity contribution in [2.24, 2.45) is 5.10 Å². The smallest absolute Gasteiger partial charge is 0.293 e. The van der Waals surface area contributed by atoms with E-state index in [2.05, 4.69) is 45.7 Å². The summed E-state index contributed by atoms with van der Waals surface area (Å²) in [6, 6.07) is 7.54. The lowest BCUT2D eigenvalue weighted by atomic mass is 10.3. The number of carbonyl (C=O) groups excluding carboxylic acids is 1. The molecule has 4 aromatic rings. The molecular formula is C14H12N10O2. The lowest BCUT2D eigenvalue weighted by Gasteiger charge is -1.98. The minimum atomic E-state index is -0.545. The molecule has 12 heteroatoms. The van der Waals surface area contributed by atoms with Gasteiger partial charge in [-0.2, -0.15) is 9.78 Å². The average molecular weight is 352 g/mol. The number of fused-ring (bicyclic) bond motifs is 1. The van der Waals surface area contributed by atoms with Gasteiger partial charge >= 0.3 is 0 Å². The number of aromatic amines is 1. The Morgan fingerprint density at radius 3 is 3.00 bits per heavy atom. The number of nitrogens with two attached hydrogens (primary N) is 1. The van der Waals surface area contributed by atoms with Gasteiger partial charge in [0.25, 0.3) is 5.91 Å². The van der Waals surface area contributed by atoms with Crippen molar-refractivity contribution in [3.8, 4) is 5.82 Å². The van der Waals surface area contributed by atoms with Gasteiger partial charge in [0.2, 0.25) is 11.6 Å². The van der Waals surface area contributed by atoms with Crippen molar-refractivity contribution >= 4 is 29.0 Å². The van der Waals surface area contributed by atoms with Crippen LogP contribution >= 0.6 is 0 Å². The normalized spacial score (nSPS) is 11.4. The van der Waals surface area contributed by atoms with Crippen LogP contribution in [0.2, 0.25) is 0 Å². The van der Waals surface area contributed by atoms with Gasteiger partial charge in [-0.05, 0) is 29.4 Å². The molecule has 130 valence electrons.